The molecule has 2 aromatic carbocycles. The van der Waals surface area contributed by atoms with Crippen LogP contribution in [0.1, 0.15) is 34.0 Å². The number of hydrogen-bond acceptors (Lipinski definition) is 6. The molecule has 0 saturated carbocycles. The van der Waals surface area contributed by atoms with Crippen molar-refractivity contribution in [1.29, 1.82) is 0 Å². The van der Waals surface area contributed by atoms with E-state index in [2.05, 4.69) is 10.3 Å². The predicted molar refractivity (Wildman–Crippen MR) is 124 cm³/mol. The summed E-state index contributed by atoms with van der Waals surface area (Å²) in [5.74, 6) is -1.18. The molecular weight excluding hydrogens is 447 g/mol. The van der Waals surface area contributed by atoms with Gasteiger partial charge in [-0.05, 0) is 52.8 Å². The molecule has 2 N–H and O–H groups in total. The first-order valence-electron chi connectivity index (χ1n) is 10.3. The predicted octanol–water partition coefficient (Wildman–Crippen LogP) is -0.370. The molecule has 0 radical (unpaired) electrons. The number of hydrogen-bond donors (Lipinski definition) is 2. The molecule has 0 saturated heterocycles. The van der Waals surface area contributed by atoms with Crippen molar-refractivity contribution >= 4 is 23.6 Å². The number of aliphatic hydroxyl groups is 1. The summed E-state index contributed by atoms with van der Waals surface area (Å²) in [6.07, 6.45) is 5.05. The number of aliphatic carboxylic acids is 1. The Labute approximate surface area is 220 Å². The molecule has 0 bridgehead atoms. The van der Waals surface area contributed by atoms with Gasteiger partial charge in [0.1, 0.15) is 0 Å². The minimum atomic E-state index is -1.30. The standard InChI is InChI=1S/C25H26N2O4S.Na/c1-32-13-11-22(25(30)31)27-24(29)20-10-9-17(14-21(20)18-6-3-2-4-7-18)15-23(28)19-8-5-12-26-16-19;/h2-10,12,14,16,22-23,28H,11,13,15H2,1H3,(H,27,29)(H,30,31);/q;+1/p-1. The van der Waals surface area contributed by atoms with Crippen molar-refractivity contribution in [3.63, 3.8) is 0 Å². The summed E-state index contributed by atoms with van der Waals surface area (Å²) in [6.45, 7) is 0. The molecule has 1 amide bonds. The topological polar surface area (TPSA) is 102 Å². The molecule has 2 unspecified atom stereocenters. The van der Waals surface area contributed by atoms with Crippen molar-refractivity contribution in [3.05, 3.63) is 89.7 Å². The Bertz CT molecular complexity index is 1050. The van der Waals surface area contributed by atoms with Gasteiger partial charge in [-0.15, -0.1) is 0 Å². The zero-order chi connectivity index (χ0) is 22.9. The molecule has 0 aliphatic carbocycles. The van der Waals surface area contributed by atoms with Crippen LogP contribution >= 0.6 is 11.8 Å². The van der Waals surface area contributed by atoms with Crippen LogP contribution in [0.25, 0.3) is 11.1 Å². The first-order valence-corrected chi connectivity index (χ1v) is 11.7. The third-order valence-corrected chi connectivity index (χ3v) is 5.76. The van der Waals surface area contributed by atoms with Crippen molar-refractivity contribution in [2.75, 3.05) is 12.0 Å². The monoisotopic (exact) mass is 472 g/mol. The van der Waals surface area contributed by atoms with E-state index in [4.69, 9.17) is 0 Å². The smallest absolute Gasteiger partial charge is 0.548 e. The van der Waals surface area contributed by atoms with Gasteiger partial charge in [-0.3, -0.25) is 9.78 Å². The zero-order valence-corrected chi connectivity index (χ0v) is 21.5. The summed E-state index contributed by atoms with van der Waals surface area (Å²) >= 11 is 1.51. The Morgan fingerprint density at radius 1 is 1.12 bits per heavy atom. The van der Waals surface area contributed by atoms with Gasteiger partial charge in [-0.2, -0.15) is 11.8 Å². The summed E-state index contributed by atoms with van der Waals surface area (Å²) in [7, 11) is 0. The van der Waals surface area contributed by atoms with E-state index in [9.17, 15) is 19.8 Å². The van der Waals surface area contributed by atoms with E-state index in [0.29, 0.717) is 28.9 Å². The molecule has 1 aromatic heterocycles. The number of aromatic nitrogens is 1. The summed E-state index contributed by atoms with van der Waals surface area (Å²) in [6, 6.07) is 17.2. The molecule has 3 aromatic rings. The Kier molecular flexibility index (Phi) is 11.1. The van der Waals surface area contributed by atoms with Crippen LogP contribution in [0.5, 0.6) is 0 Å². The number of carbonyl (C=O) groups excluding carboxylic acids is 2. The second-order valence-corrected chi connectivity index (χ2v) is 8.36. The fraction of sp³-hybridized carbons (Fsp3) is 0.240. The first-order chi connectivity index (χ1) is 15.5. The fourth-order valence-corrected chi connectivity index (χ4v) is 3.88. The van der Waals surface area contributed by atoms with Crippen LogP contribution in [-0.2, 0) is 11.2 Å². The minimum Gasteiger partial charge on any atom is -0.548 e. The third-order valence-electron chi connectivity index (χ3n) is 5.11. The minimum absolute atomic E-state index is 0. The molecule has 0 aliphatic heterocycles. The first kappa shape index (κ1) is 27.1. The molecule has 2 atom stereocenters. The van der Waals surface area contributed by atoms with Crippen LogP contribution in [-0.4, -0.2) is 40.0 Å². The van der Waals surface area contributed by atoms with E-state index in [1.165, 1.54) is 11.8 Å². The molecule has 0 spiro atoms. The van der Waals surface area contributed by atoms with Gasteiger partial charge in [0.25, 0.3) is 5.91 Å². The van der Waals surface area contributed by atoms with Crippen molar-refractivity contribution in [1.82, 2.24) is 10.3 Å². The largest absolute Gasteiger partial charge is 1.00 e. The molecule has 33 heavy (non-hydrogen) atoms. The summed E-state index contributed by atoms with van der Waals surface area (Å²) in [5, 5.41) is 24.6. The Morgan fingerprint density at radius 2 is 1.88 bits per heavy atom. The van der Waals surface area contributed by atoms with E-state index in [-0.39, 0.29) is 36.0 Å². The Balaban J connectivity index is 0.00000385. The quantitative estimate of drug-likeness (QED) is 0.391. The summed E-state index contributed by atoms with van der Waals surface area (Å²) in [4.78, 5) is 28.5. The molecule has 0 fully saturated rings. The summed E-state index contributed by atoms with van der Waals surface area (Å²) < 4.78 is 0. The van der Waals surface area contributed by atoms with E-state index in [1.54, 1.807) is 30.6 Å². The number of benzene rings is 2. The van der Waals surface area contributed by atoms with Gasteiger partial charge < -0.3 is 20.3 Å². The van der Waals surface area contributed by atoms with Crippen LogP contribution in [0.15, 0.2) is 73.1 Å². The number of carboxylic acid groups (broad SMARTS) is 1. The SMILES string of the molecule is CSCCC(NC(=O)c1ccc(CC(O)c2cccnc2)cc1-c1ccccc1)C(=O)[O-].[Na+]. The van der Waals surface area contributed by atoms with Crippen molar-refractivity contribution < 1.29 is 49.4 Å². The van der Waals surface area contributed by atoms with Gasteiger partial charge in [0.2, 0.25) is 0 Å². The molecule has 166 valence electrons. The number of aliphatic hydroxyl groups excluding tert-OH is 1. The van der Waals surface area contributed by atoms with Crippen molar-refractivity contribution in [3.8, 4) is 11.1 Å². The number of pyridine rings is 1. The number of thioether (sulfide) groups is 1. The maximum absolute atomic E-state index is 13.0. The van der Waals surface area contributed by atoms with E-state index in [0.717, 1.165) is 11.1 Å². The number of nitrogens with one attached hydrogen (secondary N) is 1. The maximum Gasteiger partial charge on any atom is 1.00 e. The van der Waals surface area contributed by atoms with Crippen LogP contribution in [0.4, 0.5) is 0 Å². The third kappa shape index (κ3) is 7.69. The van der Waals surface area contributed by atoms with Gasteiger partial charge in [-0.1, -0.05) is 48.5 Å². The van der Waals surface area contributed by atoms with Crippen molar-refractivity contribution in [2.24, 2.45) is 0 Å². The number of carboxylic acids is 1. The van der Waals surface area contributed by atoms with Gasteiger partial charge in [0.05, 0.1) is 18.1 Å². The number of carbonyl (C=O) groups is 2. The van der Waals surface area contributed by atoms with Gasteiger partial charge in [0.15, 0.2) is 0 Å². The van der Waals surface area contributed by atoms with Crippen molar-refractivity contribution in [2.45, 2.75) is 25.0 Å². The van der Waals surface area contributed by atoms with Crippen LogP contribution in [0.2, 0.25) is 0 Å². The normalized spacial score (nSPS) is 12.3. The molecular formula is C25H25N2NaO4S. The number of nitrogens with zero attached hydrogens (tertiary/aromatic N) is 1. The Morgan fingerprint density at radius 3 is 2.52 bits per heavy atom. The van der Waals surface area contributed by atoms with Gasteiger partial charge in [0, 0.05) is 24.4 Å². The maximum atomic E-state index is 13.0. The number of rotatable bonds is 10. The molecule has 8 heteroatoms. The van der Waals surface area contributed by atoms with Gasteiger partial charge in [-0.25, -0.2) is 0 Å². The van der Waals surface area contributed by atoms with E-state index < -0.39 is 24.0 Å². The van der Waals surface area contributed by atoms with E-state index >= 15 is 0 Å². The molecule has 6 nitrogen and oxygen atoms in total. The fourth-order valence-electron chi connectivity index (χ4n) is 3.41. The van der Waals surface area contributed by atoms with Gasteiger partial charge >= 0.3 is 29.6 Å². The second-order valence-electron chi connectivity index (χ2n) is 7.38. The average molecular weight is 473 g/mol. The average Bonchev–Trinajstić information content (AvgIpc) is 2.82. The number of amides is 1. The Hall–Kier alpha value is -2.16. The van der Waals surface area contributed by atoms with Crippen LogP contribution in [0.3, 0.4) is 0 Å². The summed E-state index contributed by atoms with van der Waals surface area (Å²) in [5.41, 5.74) is 3.41. The molecule has 1 heterocycles. The van der Waals surface area contributed by atoms with Crippen LogP contribution < -0.4 is 40.0 Å². The second kappa shape index (κ2) is 13.5. The van der Waals surface area contributed by atoms with Crippen LogP contribution in [0, 0.1) is 0 Å². The molecule has 3 rings (SSSR count). The zero-order valence-electron chi connectivity index (χ0n) is 18.7. The van der Waals surface area contributed by atoms with E-state index in [1.807, 2.05) is 48.7 Å². The molecule has 0 aliphatic rings.